The molecular formula is C23H25NO2. The monoisotopic (exact) mass is 347 g/mol. The molecule has 0 radical (unpaired) electrons. The van der Waals surface area contributed by atoms with E-state index in [9.17, 15) is 0 Å². The van der Waals surface area contributed by atoms with Gasteiger partial charge >= 0.3 is 0 Å². The van der Waals surface area contributed by atoms with Gasteiger partial charge in [-0.15, -0.1) is 0 Å². The first-order valence-electron chi connectivity index (χ1n) is 9.72. The molecular weight excluding hydrogens is 322 g/mol. The highest BCUT2D eigenvalue weighted by Crippen LogP contribution is 2.34. The molecule has 3 fully saturated rings. The molecule has 26 heavy (non-hydrogen) atoms. The Kier molecular flexibility index (Phi) is 4.27. The van der Waals surface area contributed by atoms with E-state index in [-0.39, 0.29) is 0 Å². The molecule has 0 aromatic heterocycles. The van der Waals surface area contributed by atoms with E-state index < -0.39 is 0 Å². The summed E-state index contributed by atoms with van der Waals surface area (Å²) >= 11 is 0. The maximum Gasteiger partial charge on any atom is 0.127 e. The third kappa shape index (κ3) is 3.06. The lowest BCUT2D eigenvalue weighted by molar-refractivity contribution is -0.0765. The molecule has 0 N–H and O–H groups in total. The minimum absolute atomic E-state index is 0.419. The summed E-state index contributed by atoms with van der Waals surface area (Å²) in [7, 11) is 0. The third-order valence-electron chi connectivity index (χ3n) is 6.03. The largest absolute Gasteiger partial charge is 0.489 e. The molecule has 134 valence electrons. The molecule has 0 aliphatic carbocycles. The Labute approximate surface area is 155 Å². The molecule has 4 aliphatic heterocycles. The number of ether oxygens (including phenoxy) is 2. The lowest BCUT2D eigenvalue weighted by Crippen LogP contribution is -2.51. The first kappa shape index (κ1) is 16.1. The van der Waals surface area contributed by atoms with E-state index in [1.165, 1.54) is 48.2 Å². The third-order valence-corrected chi connectivity index (χ3v) is 6.03. The number of rotatable bonds is 4. The van der Waals surface area contributed by atoms with Crippen LogP contribution in [0.4, 0.5) is 0 Å². The second kappa shape index (κ2) is 6.90. The second-order valence-electron chi connectivity index (χ2n) is 7.61. The molecule has 4 aliphatic rings. The first-order valence-corrected chi connectivity index (χ1v) is 9.72. The average Bonchev–Trinajstić information content (AvgIpc) is 2.73. The van der Waals surface area contributed by atoms with Crippen molar-refractivity contribution in [2.45, 2.75) is 25.6 Å². The topological polar surface area (TPSA) is 21.7 Å². The van der Waals surface area contributed by atoms with E-state index in [2.05, 4.69) is 47.4 Å². The molecule has 0 spiro atoms. The van der Waals surface area contributed by atoms with E-state index in [4.69, 9.17) is 9.47 Å². The van der Waals surface area contributed by atoms with Crippen molar-refractivity contribution in [3.63, 3.8) is 0 Å². The van der Waals surface area contributed by atoms with Crippen LogP contribution in [0.25, 0.3) is 5.57 Å². The Morgan fingerprint density at radius 2 is 1.81 bits per heavy atom. The fourth-order valence-electron chi connectivity index (χ4n) is 4.50. The van der Waals surface area contributed by atoms with Gasteiger partial charge < -0.3 is 14.4 Å². The number of benzene rings is 2. The van der Waals surface area contributed by atoms with Crippen LogP contribution in [0.2, 0.25) is 0 Å². The standard InChI is InChI=1S/C23H25NO2/c1-2-4-22-21(3-1)20(11-14-25-22)18-7-5-17(6-8-18)16-26-23-15-24-12-9-19(23)10-13-24/h1-8,11,19,23H,9-10,12-16H2. The molecule has 6 rings (SSSR count). The Morgan fingerprint density at radius 3 is 2.58 bits per heavy atom. The van der Waals surface area contributed by atoms with Crippen LogP contribution in [0.1, 0.15) is 29.5 Å². The Balaban J connectivity index is 1.27. The van der Waals surface area contributed by atoms with E-state index in [1.807, 2.05) is 12.1 Å². The number of hydrogen-bond donors (Lipinski definition) is 0. The SMILES string of the molecule is C1=C(c2ccc(COC3CN4CCC3CC4)cc2)c2ccccc2OC1. The van der Waals surface area contributed by atoms with Crippen molar-refractivity contribution in [2.75, 3.05) is 26.2 Å². The van der Waals surface area contributed by atoms with Gasteiger partial charge in [-0.05, 0) is 60.7 Å². The number of hydrogen-bond acceptors (Lipinski definition) is 3. The summed E-state index contributed by atoms with van der Waals surface area (Å²) in [6.45, 7) is 5.00. The van der Waals surface area contributed by atoms with Gasteiger partial charge in [-0.1, -0.05) is 42.5 Å². The van der Waals surface area contributed by atoms with Gasteiger partial charge in [0.2, 0.25) is 0 Å². The quantitative estimate of drug-likeness (QED) is 0.830. The van der Waals surface area contributed by atoms with Crippen LogP contribution in [0.15, 0.2) is 54.6 Å². The normalized spacial score (nSPS) is 26.8. The number of para-hydroxylation sites is 1. The van der Waals surface area contributed by atoms with Crippen molar-refractivity contribution in [1.82, 2.24) is 4.90 Å². The Hall–Kier alpha value is -2.10. The van der Waals surface area contributed by atoms with Crippen LogP contribution in [0.3, 0.4) is 0 Å². The number of piperidine rings is 3. The number of nitrogens with zero attached hydrogens (tertiary/aromatic N) is 1. The van der Waals surface area contributed by atoms with Gasteiger partial charge in [-0.3, -0.25) is 0 Å². The van der Waals surface area contributed by atoms with E-state index in [0.717, 1.165) is 18.2 Å². The molecule has 3 nitrogen and oxygen atoms in total. The Bertz CT molecular complexity index is 803. The molecule has 2 aromatic carbocycles. The van der Waals surface area contributed by atoms with Crippen molar-refractivity contribution in [2.24, 2.45) is 5.92 Å². The van der Waals surface area contributed by atoms with Gasteiger partial charge in [0, 0.05) is 12.1 Å². The van der Waals surface area contributed by atoms with Gasteiger partial charge in [0.1, 0.15) is 12.4 Å². The van der Waals surface area contributed by atoms with Gasteiger partial charge in [0.15, 0.2) is 0 Å². The predicted molar refractivity (Wildman–Crippen MR) is 103 cm³/mol. The van der Waals surface area contributed by atoms with E-state index >= 15 is 0 Å². The number of fused-ring (bicyclic) bond motifs is 4. The molecule has 2 bridgehead atoms. The summed E-state index contributed by atoms with van der Waals surface area (Å²) in [5.41, 5.74) is 4.94. The molecule has 0 saturated carbocycles. The summed E-state index contributed by atoms with van der Waals surface area (Å²) in [6, 6.07) is 17.1. The lowest BCUT2D eigenvalue weighted by Gasteiger charge is -2.44. The summed E-state index contributed by atoms with van der Waals surface area (Å²) in [5, 5.41) is 0. The van der Waals surface area contributed by atoms with Crippen molar-refractivity contribution >= 4 is 5.57 Å². The highest BCUT2D eigenvalue weighted by molar-refractivity contribution is 5.83. The van der Waals surface area contributed by atoms with Crippen LogP contribution >= 0.6 is 0 Å². The minimum atomic E-state index is 0.419. The molecule has 3 heteroatoms. The highest BCUT2D eigenvalue weighted by atomic mass is 16.5. The summed E-state index contributed by atoms with van der Waals surface area (Å²) in [4.78, 5) is 2.54. The average molecular weight is 347 g/mol. The molecule has 3 saturated heterocycles. The van der Waals surface area contributed by atoms with Crippen LogP contribution in [0, 0.1) is 5.92 Å². The van der Waals surface area contributed by atoms with Crippen LogP contribution in [0.5, 0.6) is 5.75 Å². The smallest absolute Gasteiger partial charge is 0.127 e. The van der Waals surface area contributed by atoms with Gasteiger partial charge in [0.25, 0.3) is 0 Å². The summed E-state index contributed by atoms with van der Waals surface area (Å²) < 4.78 is 12.0. The van der Waals surface area contributed by atoms with Gasteiger partial charge in [0.05, 0.1) is 12.7 Å². The van der Waals surface area contributed by atoms with Crippen LogP contribution < -0.4 is 4.74 Å². The Morgan fingerprint density at radius 1 is 1.00 bits per heavy atom. The summed E-state index contributed by atoms with van der Waals surface area (Å²) in [6.07, 6.45) is 5.20. The maximum atomic E-state index is 6.27. The molecule has 2 aromatic rings. The fraction of sp³-hybridized carbons (Fsp3) is 0.391. The van der Waals surface area contributed by atoms with Crippen molar-refractivity contribution in [1.29, 1.82) is 0 Å². The zero-order valence-corrected chi connectivity index (χ0v) is 15.1. The van der Waals surface area contributed by atoms with Crippen molar-refractivity contribution < 1.29 is 9.47 Å². The van der Waals surface area contributed by atoms with E-state index in [1.54, 1.807) is 0 Å². The zero-order chi connectivity index (χ0) is 17.3. The van der Waals surface area contributed by atoms with Gasteiger partial charge in [-0.25, -0.2) is 0 Å². The van der Waals surface area contributed by atoms with Gasteiger partial charge in [-0.2, -0.15) is 0 Å². The second-order valence-corrected chi connectivity index (χ2v) is 7.61. The molecule has 4 heterocycles. The molecule has 0 amide bonds. The molecule has 1 atom stereocenters. The summed E-state index contributed by atoms with van der Waals surface area (Å²) in [5.74, 6) is 1.74. The maximum absolute atomic E-state index is 6.27. The predicted octanol–water partition coefficient (Wildman–Crippen LogP) is 4.12. The van der Waals surface area contributed by atoms with Crippen LogP contribution in [-0.2, 0) is 11.3 Å². The van der Waals surface area contributed by atoms with E-state index in [0.29, 0.717) is 19.3 Å². The highest BCUT2D eigenvalue weighted by Gasteiger charge is 2.34. The fourth-order valence-corrected chi connectivity index (χ4v) is 4.50. The molecule has 1 unspecified atom stereocenters. The lowest BCUT2D eigenvalue weighted by atomic mass is 9.86. The first-order chi connectivity index (χ1) is 12.9. The van der Waals surface area contributed by atoms with Crippen LogP contribution in [-0.4, -0.2) is 37.2 Å². The minimum Gasteiger partial charge on any atom is -0.489 e. The van der Waals surface area contributed by atoms with Crippen molar-refractivity contribution in [3.05, 3.63) is 71.3 Å². The zero-order valence-electron chi connectivity index (χ0n) is 15.1. The van der Waals surface area contributed by atoms with Crippen molar-refractivity contribution in [3.8, 4) is 5.75 Å².